The number of fused-ring (bicyclic) bond motifs is 3. The van der Waals surface area contributed by atoms with Crippen LogP contribution in [0, 0.1) is 19.8 Å². The van der Waals surface area contributed by atoms with Gasteiger partial charge in [-0.2, -0.15) is 13.2 Å². The molecule has 7 nitrogen and oxygen atoms in total. The molecule has 176 valence electrons. The van der Waals surface area contributed by atoms with E-state index >= 15 is 0 Å². The molecule has 0 radical (unpaired) electrons. The van der Waals surface area contributed by atoms with Gasteiger partial charge in [-0.3, -0.25) is 10.2 Å². The molecular formula is C23H27F3N6O. The van der Waals surface area contributed by atoms with Crippen molar-refractivity contribution in [2.75, 3.05) is 39.7 Å². The van der Waals surface area contributed by atoms with Crippen molar-refractivity contribution in [1.82, 2.24) is 9.97 Å². The number of halogens is 3. The Balaban J connectivity index is 1.44. The molecular weight excluding hydrogens is 433 g/mol. The number of aromatic nitrogens is 2. The van der Waals surface area contributed by atoms with E-state index in [1.54, 1.807) is 15.9 Å². The summed E-state index contributed by atoms with van der Waals surface area (Å²) in [6, 6.07) is 7.07. The summed E-state index contributed by atoms with van der Waals surface area (Å²) in [4.78, 5) is 27.9. The number of hydrogen-bond acceptors (Lipinski definition) is 5. The molecule has 3 aliphatic rings. The molecule has 5 heterocycles. The first-order chi connectivity index (χ1) is 15.7. The minimum Gasteiger partial charge on any atom is -0.356 e. The summed E-state index contributed by atoms with van der Waals surface area (Å²) >= 11 is 0. The van der Waals surface area contributed by atoms with Crippen molar-refractivity contribution in [3.05, 3.63) is 35.5 Å². The van der Waals surface area contributed by atoms with Crippen molar-refractivity contribution in [2.45, 2.75) is 51.9 Å². The van der Waals surface area contributed by atoms with Gasteiger partial charge in [0.1, 0.15) is 17.8 Å². The highest BCUT2D eigenvalue weighted by atomic mass is 19.4. The van der Waals surface area contributed by atoms with Gasteiger partial charge in [-0.05, 0) is 69.4 Å². The Morgan fingerprint density at radius 3 is 2.64 bits per heavy atom. The lowest BCUT2D eigenvalue weighted by molar-refractivity contribution is -0.176. The minimum atomic E-state index is -4.22. The molecule has 0 saturated carbocycles. The van der Waals surface area contributed by atoms with E-state index in [-0.39, 0.29) is 25.2 Å². The number of rotatable bonds is 2. The third-order valence-electron chi connectivity index (χ3n) is 6.66. The topological polar surface area (TPSA) is 64.6 Å². The maximum Gasteiger partial charge on any atom is 0.393 e. The largest absolute Gasteiger partial charge is 0.393 e. The maximum absolute atomic E-state index is 13.4. The lowest BCUT2D eigenvalue weighted by Gasteiger charge is -2.34. The lowest BCUT2D eigenvalue weighted by atomic mass is 9.97. The number of nitrogens with zero attached hydrogens (tertiary/aromatic N) is 5. The van der Waals surface area contributed by atoms with Crippen LogP contribution in [0.1, 0.15) is 36.9 Å². The quantitative estimate of drug-likeness (QED) is 0.694. The highest BCUT2D eigenvalue weighted by Crippen LogP contribution is 2.44. The van der Waals surface area contributed by atoms with Gasteiger partial charge in [0.25, 0.3) is 0 Å². The lowest BCUT2D eigenvalue weighted by Crippen LogP contribution is -2.45. The first kappa shape index (κ1) is 21.8. The third kappa shape index (κ3) is 4.06. The Hall–Kier alpha value is -3.04. The van der Waals surface area contributed by atoms with Crippen LogP contribution < -0.4 is 20.0 Å². The summed E-state index contributed by atoms with van der Waals surface area (Å²) in [5.41, 5.74) is 2.64. The van der Waals surface area contributed by atoms with E-state index in [1.807, 2.05) is 32.0 Å². The molecule has 0 aliphatic carbocycles. The molecule has 33 heavy (non-hydrogen) atoms. The Morgan fingerprint density at radius 1 is 1.09 bits per heavy atom. The highest BCUT2D eigenvalue weighted by Gasteiger charge is 2.45. The van der Waals surface area contributed by atoms with Crippen LogP contribution in [0.3, 0.4) is 0 Å². The number of anilines is 4. The normalized spacial score (nSPS) is 22.4. The second kappa shape index (κ2) is 8.07. The number of nitrogens with one attached hydrogen (secondary N) is 1. The van der Waals surface area contributed by atoms with Gasteiger partial charge in [-0.15, -0.1) is 0 Å². The number of hydrogen-bond donors (Lipinski definition) is 1. The standard InChI is InChI=1S/C23H27F3N6O/c1-14-11-15(2)27-18(12-14)28-22(33)32-20-6-4-10-31(20)17-7-8-19(29-21(17)32)30-9-3-5-16(13-30)23(24,25)26/h7-8,11-12,16,20H,3-6,9-10,13H2,1-2H3,(H,27,28,33)/t16?,20-/m1/s1. The summed E-state index contributed by atoms with van der Waals surface area (Å²) < 4.78 is 40.0. The van der Waals surface area contributed by atoms with Crippen molar-refractivity contribution < 1.29 is 18.0 Å². The number of pyridine rings is 2. The fourth-order valence-corrected chi connectivity index (χ4v) is 5.21. The monoisotopic (exact) mass is 460 g/mol. The average Bonchev–Trinajstić information content (AvgIpc) is 3.32. The van der Waals surface area contributed by atoms with Crippen LogP contribution in [0.5, 0.6) is 0 Å². The Morgan fingerprint density at radius 2 is 1.88 bits per heavy atom. The van der Waals surface area contributed by atoms with Crippen molar-refractivity contribution in [3.8, 4) is 0 Å². The number of piperidine rings is 1. The second-order valence-electron chi connectivity index (χ2n) is 9.13. The Kier molecular flexibility index (Phi) is 5.33. The summed E-state index contributed by atoms with van der Waals surface area (Å²) in [6.07, 6.45) is -2.02. The fraction of sp³-hybridized carbons (Fsp3) is 0.522. The van der Waals surface area contributed by atoms with Gasteiger partial charge in [0.15, 0.2) is 5.82 Å². The van der Waals surface area contributed by atoms with Gasteiger partial charge in [0, 0.05) is 25.3 Å². The van der Waals surface area contributed by atoms with Crippen molar-refractivity contribution in [2.24, 2.45) is 5.92 Å². The molecule has 0 bridgehead atoms. The van der Waals surface area contributed by atoms with Crippen molar-refractivity contribution >= 4 is 29.2 Å². The minimum absolute atomic E-state index is 0.110. The zero-order valence-electron chi connectivity index (χ0n) is 18.7. The van der Waals surface area contributed by atoms with Gasteiger partial charge < -0.3 is 9.80 Å². The van der Waals surface area contributed by atoms with Gasteiger partial charge in [-0.1, -0.05) is 0 Å². The molecule has 2 aromatic rings. The maximum atomic E-state index is 13.4. The SMILES string of the molecule is Cc1cc(C)nc(NC(=O)N2c3nc(N4CCCC(C(F)(F)F)C4)ccc3N3CCC[C@H]32)c1. The van der Waals surface area contributed by atoms with Crippen LogP contribution in [0.2, 0.25) is 0 Å². The van der Waals surface area contributed by atoms with E-state index in [0.717, 1.165) is 36.3 Å². The van der Waals surface area contributed by atoms with Gasteiger partial charge in [-0.25, -0.2) is 14.8 Å². The number of carbonyl (C=O) groups excluding carboxylic acids is 1. The second-order valence-corrected chi connectivity index (χ2v) is 9.13. The molecule has 2 atom stereocenters. The van der Waals surface area contributed by atoms with Crippen LogP contribution in [0.4, 0.5) is 41.1 Å². The number of alkyl halides is 3. The number of aryl methyl sites for hydroxylation is 2. The third-order valence-corrected chi connectivity index (χ3v) is 6.66. The van der Waals surface area contributed by atoms with Gasteiger partial charge >= 0.3 is 12.2 Å². The molecule has 2 amide bonds. The van der Waals surface area contributed by atoms with Crippen LogP contribution in [-0.4, -0.2) is 48.0 Å². The molecule has 1 N–H and O–H groups in total. The molecule has 10 heteroatoms. The molecule has 1 unspecified atom stereocenters. The van der Waals surface area contributed by atoms with Gasteiger partial charge in [0.2, 0.25) is 0 Å². The van der Waals surface area contributed by atoms with Crippen molar-refractivity contribution in [1.29, 1.82) is 0 Å². The number of amides is 2. The van der Waals surface area contributed by atoms with E-state index in [2.05, 4.69) is 15.2 Å². The van der Waals surface area contributed by atoms with E-state index in [0.29, 0.717) is 30.4 Å². The Labute approximate surface area is 190 Å². The van der Waals surface area contributed by atoms with Crippen LogP contribution in [-0.2, 0) is 0 Å². The fourth-order valence-electron chi connectivity index (χ4n) is 5.21. The highest BCUT2D eigenvalue weighted by molar-refractivity contribution is 6.05. The van der Waals surface area contributed by atoms with Crippen molar-refractivity contribution in [3.63, 3.8) is 0 Å². The molecule has 0 aromatic carbocycles. The predicted molar refractivity (Wildman–Crippen MR) is 121 cm³/mol. The molecule has 2 fully saturated rings. The van der Waals surface area contributed by atoms with Gasteiger partial charge in [0.05, 0.1) is 11.6 Å². The average molecular weight is 461 g/mol. The summed E-state index contributed by atoms with van der Waals surface area (Å²) in [5.74, 6) is 0.0783. The first-order valence-electron chi connectivity index (χ1n) is 11.4. The summed E-state index contributed by atoms with van der Waals surface area (Å²) in [5, 5.41) is 2.89. The van der Waals surface area contributed by atoms with Crippen LogP contribution >= 0.6 is 0 Å². The zero-order chi connectivity index (χ0) is 23.3. The van der Waals surface area contributed by atoms with E-state index in [1.165, 1.54) is 0 Å². The zero-order valence-corrected chi connectivity index (χ0v) is 18.7. The number of carbonyl (C=O) groups is 1. The molecule has 0 spiro atoms. The predicted octanol–water partition coefficient (Wildman–Crippen LogP) is 4.85. The van der Waals surface area contributed by atoms with E-state index in [4.69, 9.17) is 4.98 Å². The van der Waals surface area contributed by atoms with Crippen LogP contribution in [0.25, 0.3) is 0 Å². The molecule has 2 aromatic heterocycles. The molecule has 3 aliphatic heterocycles. The smallest absolute Gasteiger partial charge is 0.356 e. The first-order valence-corrected chi connectivity index (χ1v) is 11.4. The summed E-state index contributed by atoms with van der Waals surface area (Å²) in [6.45, 7) is 5.03. The van der Waals surface area contributed by atoms with E-state index < -0.39 is 12.1 Å². The number of urea groups is 1. The molecule has 2 saturated heterocycles. The summed E-state index contributed by atoms with van der Waals surface area (Å²) in [7, 11) is 0. The molecule has 5 rings (SSSR count). The van der Waals surface area contributed by atoms with E-state index in [9.17, 15) is 18.0 Å². The Bertz CT molecular complexity index is 1050. The van der Waals surface area contributed by atoms with Crippen LogP contribution in [0.15, 0.2) is 24.3 Å².